The van der Waals surface area contributed by atoms with Crippen LogP contribution in [-0.4, -0.2) is 31.0 Å². The summed E-state index contributed by atoms with van der Waals surface area (Å²) in [5.41, 5.74) is 1.79. The number of rotatable bonds is 5. The Kier molecular flexibility index (Phi) is 3.40. The van der Waals surface area contributed by atoms with Gasteiger partial charge in [-0.25, -0.2) is 0 Å². The molecule has 1 saturated carbocycles. The summed E-state index contributed by atoms with van der Waals surface area (Å²) in [6.07, 6.45) is 2.26. The Morgan fingerprint density at radius 2 is 2.17 bits per heavy atom. The van der Waals surface area contributed by atoms with Crippen LogP contribution in [0.1, 0.15) is 46.6 Å². The molecule has 0 spiro atoms. The first kappa shape index (κ1) is 14.6. The van der Waals surface area contributed by atoms with Crippen molar-refractivity contribution in [3.05, 3.63) is 35.2 Å². The number of carbonyl (C=O) groups excluding carboxylic acids is 1. The van der Waals surface area contributed by atoms with Crippen molar-refractivity contribution in [1.29, 1.82) is 0 Å². The largest absolute Gasteiger partial charge is 0.360 e. The Morgan fingerprint density at radius 3 is 2.88 bits per heavy atom. The van der Waals surface area contributed by atoms with Crippen molar-refractivity contribution in [2.24, 2.45) is 7.05 Å². The fourth-order valence-corrected chi connectivity index (χ4v) is 2.46. The molecule has 0 aliphatic heterocycles. The number of hydrogen-bond donors (Lipinski definition) is 1. The van der Waals surface area contributed by atoms with Crippen molar-refractivity contribution in [2.45, 2.75) is 32.2 Å². The van der Waals surface area contributed by atoms with Gasteiger partial charge in [-0.2, -0.15) is 10.1 Å². The van der Waals surface area contributed by atoms with Gasteiger partial charge in [0.05, 0.1) is 12.2 Å². The van der Waals surface area contributed by atoms with E-state index in [1.165, 1.54) is 4.68 Å². The molecule has 0 atom stereocenters. The van der Waals surface area contributed by atoms with Crippen LogP contribution in [0, 0.1) is 6.92 Å². The lowest BCUT2D eigenvalue weighted by Crippen LogP contribution is -2.25. The summed E-state index contributed by atoms with van der Waals surface area (Å²) in [6, 6.07) is 3.55. The number of amides is 1. The molecule has 1 aliphatic carbocycles. The summed E-state index contributed by atoms with van der Waals surface area (Å²) < 4.78 is 11.9. The van der Waals surface area contributed by atoms with Crippen LogP contribution in [0.5, 0.6) is 0 Å². The van der Waals surface area contributed by atoms with Crippen molar-refractivity contribution in [2.75, 3.05) is 0 Å². The van der Waals surface area contributed by atoms with Crippen molar-refractivity contribution in [3.8, 4) is 11.5 Å². The molecule has 3 aromatic heterocycles. The van der Waals surface area contributed by atoms with E-state index in [0.29, 0.717) is 29.0 Å². The first-order chi connectivity index (χ1) is 11.6. The summed E-state index contributed by atoms with van der Waals surface area (Å²) in [7, 11) is 1.72. The molecule has 3 aromatic rings. The zero-order chi connectivity index (χ0) is 16.7. The number of carbonyl (C=O) groups is 1. The molecule has 0 bridgehead atoms. The number of hydrogen-bond acceptors (Lipinski definition) is 7. The lowest BCUT2D eigenvalue weighted by molar-refractivity contribution is 0.0937. The second-order valence-corrected chi connectivity index (χ2v) is 5.88. The molecule has 4 rings (SSSR count). The highest BCUT2D eigenvalue weighted by Gasteiger charge is 2.28. The number of nitrogens with zero attached hydrogens (tertiary/aromatic N) is 5. The minimum atomic E-state index is -0.254. The fourth-order valence-electron chi connectivity index (χ4n) is 2.46. The third-order valence-corrected chi connectivity index (χ3v) is 3.84. The van der Waals surface area contributed by atoms with E-state index >= 15 is 0 Å². The first-order valence-corrected chi connectivity index (χ1v) is 7.68. The van der Waals surface area contributed by atoms with Gasteiger partial charge in [0.1, 0.15) is 11.5 Å². The van der Waals surface area contributed by atoms with Gasteiger partial charge in [0, 0.05) is 19.0 Å². The molecule has 1 N–H and O–H groups in total. The Hall–Kier alpha value is -2.97. The molecular formula is C15H16N6O3. The highest BCUT2D eigenvalue weighted by atomic mass is 16.5. The molecule has 9 heteroatoms. The molecule has 0 saturated heterocycles. The van der Waals surface area contributed by atoms with Crippen LogP contribution in [0.2, 0.25) is 0 Å². The Morgan fingerprint density at radius 1 is 1.33 bits per heavy atom. The molecule has 1 fully saturated rings. The van der Waals surface area contributed by atoms with Gasteiger partial charge in [-0.3, -0.25) is 9.48 Å². The van der Waals surface area contributed by atoms with Crippen molar-refractivity contribution < 1.29 is 13.8 Å². The molecule has 9 nitrogen and oxygen atoms in total. The summed E-state index contributed by atoms with van der Waals surface area (Å²) in [5.74, 6) is 1.73. The average Bonchev–Trinajstić information content (AvgIpc) is 2.98. The molecule has 0 unspecified atom stereocenters. The number of aromatic nitrogens is 5. The van der Waals surface area contributed by atoms with E-state index in [2.05, 4.69) is 25.7 Å². The van der Waals surface area contributed by atoms with Crippen molar-refractivity contribution >= 4 is 5.91 Å². The normalized spacial score (nSPS) is 14.1. The predicted octanol–water partition coefficient (Wildman–Crippen LogP) is 1.57. The SMILES string of the molecule is Cc1cc(C(=O)NCc2nc(-c3cc(C4CC4)on3)no2)n(C)n1. The van der Waals surface area contributed by atoms with E-state index in [-0.39, 0.29) is 12.5 Å². The van der Waals surface area contributed by atoms with Gasteiger partial charge in [0.25, 0.3) is 5.91 Å². The van der Waals surface area contributed by atoms with Crippen molar-refractivity contribution in [1.82, 2.24) is 30.4 Å². The van der Waals surface area contributed by atoms with E-state index in [4.69, 9.17) is 9.05 Å². The second-order valence-electron chi connectivity index (χ2n) is 5.88. The zero-order valence-corrected chi connectivity index (χ0v) is 13.3. The van der Waals surface area contributed by atoms with Crippen LogP contribution in [-0.2, 0) is 13.6 Å². The van der Waals surface area contributed by atoms with Crippen LogP contribution < -0.4 is 5.32 Å². The van der Waals surface area contributed by atoms with Crippen LogP contribution >= 0.6 is 0 Å². The predicted molar refractivity (Wildman–Crippen MR) is 80.9 cm³/mol. The molecular weight excluding hydrogens is 312 g/mol. The Labute approximate surface area is 137 Å². The van der Waals surface area contributed by atoms with E-state index in [0.717, 1.165) is 24.3 Å². The summed E-state index contributed by atoms with van der Waals surface area (Å²) >= 11 is 0. The average molecular weight is 328 g/mol. The maximum absolute atomic E-state index is 12.1. The van der Waals surface area contributed by atoms with Gasteiger partial charge in [-0.15, -0.1) is 0 Å². The fraction of sp³-hybridized carbons (Fsp3) is 0.400. The quantitative estimate of drug-likeness (QED) is 0.756. The molecule has 24 heavy (non-hydrogen) atoms. The standard InChI is InChI=1S/C15H16N6O3/c1-8-5-11(21(2)18-8)15(22)16-7-13-17-14(20-24-13)10-6-12(23-19-10)9-3-4-9/h5-6,9H,3-4,7H2,1-2H3,(H,16,22). The van der Waals surface area contributed by atoms with Gasteiger partial charge in [-0.1, -0.05) is 10.3 Å². The van der Waals surface area contributed by atoms with E-state index < -0.39 is 0 Å². The lowest BCUT2D eigenvalue weighted by atomic mass is 10.3. The molecule has 1 aliphatic rings. The van der Waals surface area contributed by atoms with Crippen LogP contribution in [0.3, 0.4) is 0 Å². The topological polar surface area (TPSA) is 112 Å². The van der Waals surface area contributed by atoms with Crippen molar-refractivity contribution in [3.63, 3.8) is 0 Å². The highest BCUT2D eigenvalue weighted by Crippen LogP contribution is 2.40. The third-order valence-electron chi connectivity index (χ3n) is 3.84. The van der Waals surface area contributed by atoms with E-state index in [1.807, 2.05) is 13.0 Å². The first-order valence-electron chi connectivity index (χ1n) is 7.68. The Balaban J connectivity index is 1.41. The molecule has 0 aromatic carbocycles. The second kappa shape index (κ2) is 5.59. The zero-order valence-electron chi connectivity index (χ0n) is 13.3. The number of nitrogens with one attached hydrogen (secondary N) is 1. The third kappa shape index (κ3) is 2.80. The molecule has 3 heterocycles. The van der Waals surface area contributed by atoms with Crippen LogP contribution in [0.15, 0.2) is 21.2 Å². The number of aryl methyl sites for hydroxylation is 2. The molecule has 0 radical (unpaired) electrons. The molecule has 1 amide bonds. The summed E-state index contributed by atoms with van der Waals surface area (Å²) in [6.45, 7) is 1.96. The minimum Gasteiger partial charge on any atom is -0.360 e. The van der Waals surface area contributed by atoms with Gasteiger partial charge in [0.15, 0.2) is 5.69 Å². The van der Waals surface area contributed by atoms with Gasteiger partial charge in [-0.05, 0) is 25.8 Å². The summed E-state index contributed by atoms with van der Waals surface area (Å²) in [4.78, 5) is 16.4. The summed E-state index contributed by atoms with van der Waals surface area (Å²) in [5, 5.41) is 14.7. The van der Waals surface area contributed by atoms with E-state index in [9.17, 15) is 4.79 Å². The van der Waals surface area contributed by atoms with Crippen LogP contribution in [0.4, 0.5) is 0 Å². The maximum atomic E-state index is 12.1. The highest BCUT2D eigenvalue weighted by molar-refractivity contribution is 5.92. The maximum Gasteiger partial charge on any atom is 0.269 e. The molecule has 124 valence electrons. The van der Waals surface area contributed by atoms with Crippen LogP contribution in [0.25, 0.3) is 11.5 Å². The minimum absolute atomic E-state index is 0.128. The lowest BCUT2D eigenvalue weighted by Gasteiger charge is -2.01. The van der Waals surface area contributed by atoms with Gasteiger partial charge < -0.3 is 14.4 Å². The smallest absolute Gasteiger partial charge is 0.269 e. The monoisotopic (exact) mass is 328 g/mol. The van der Waals surface area contributed by atoms with E-state index in [1.54, 1.807) is 13.1 Å². The van der Waals surface area contributed by atoms with Gasteiger partial charge >= 0.3 is 0 Å². The van der Waals surface area contributed by atoms with Gasteiger partial charge in [0.2, 0.25) is 11.7 Å². The Bertz CT molecular complexity index is 889.